The van der Waals surface area contributed by atoms with Crippen LogP contribution in [-0.4, -0.2) is 9.78 Å². The van der Waals surface area contributed by atoms with E-state index < -0.39 is 0 Å². The van der Waals surface area contributed by atoms with Crippen molar-refractivity contribution in [2.45, 2.75) is 19.5 Å². The van der Waals surface area contributed by atoms with Gasteiger partial charge in [0.25, 0.3) is 0 Å². The first-order valence-corrected chi connectivity index (χ1v) is 7.72. The van der Waals surface area contributed by atoms with Gasteiger partial charge in [-0.05, 0) is 24.4 Å². The lowest BCUT2D eigenvalue weighted by molar-refractivity contribution is 0.603. The lowest BCUT2D eigenvalue weighted by Crippen LogP contribution is -2.16. The van der Waals surface area contributed by atoms with Gasteiger partial charge in [0.05, 0.1) is 23.0 Å². The molecular formula is C12H12ClN3S2. The monoisotopic (exact) mass is 297 g/mol. The highest BCUT2D eigenvalue weighted by molar-refractivity contribution is 7.27. The second-order valence-corrected chi connectivity index (χ2v) is 6.44. The number of thiophene rings is 2. The molecule has 0 radical (unpaired) electrons. The number of fused-ring (bicyclic) bond motifs is 1. The molecule has 0 saturated carbocycles. The molecule has 0 aliphatic rings. The zero-order valence-electron chi connectivity index (χ0n) is 9.76. The number of aryl methyl sites for hydroxylation is 1. The summed E-state index contributed by atoms with van der Waals surface area (Å²) in [5, 5.41) is 6.97. The van der Waals surface area contributed by atoms with Gasteiger partial charge < -0.3 is 5.73 Å². The smallest absolute Gasteiger partial charge is 0.0837 e. The van der Waals surface area contributed by atoms with Crippen molar-refractivity contribution in [3.05, 3.63) is 39.3 Å². The van der Waals surface area contributed by atoms with Gasteiger partial charge in [-0.1, -0.05) is 11.6 Å². The summed E-state index contributed by atoms with van der Waals surface area (Å²) in [4.78, 5) is 1.13. The summed E-state index contributed by atoms with van der Waals surface area (Å²) >= 11 is 9.65. The summed E-state index contributed by atoms with van der Waals surface area (Å²) < 4.78 is 4.43. The number of rotatable bonds is 3. The zero-order chi connectivity index (χ0) is 12.7. The highest BCUT2D eigenvalue weighted by atomic mass is 35.5. The van der Waals surface area contributed by atoms with Gasteiger partial charge in [-0.15, -0.1) is 22.7 Å². The van der Waals surface area contributed by atoms with Crippen LogP contribution in [0.2, 0.25) is 5.02 Å². The minimum atomic E-state index is -0.204. The molecule has 0 aliphatic heterocycles. The maximum atomic E-state index is 6.33. The summed E-state index contributed by atoms with van der Waals surface area (Å²) in [6, 6.07) is 4.07. The van der Waals surface area contributed by atoms with Crippen molar-refractivity contribution in [3.63, 3.8) is 0 Å². The van der Waals surface area contributed by atoms with Crippen LogP contribution in [-0.2, 0) is 6.54 Å². The molecule has 3 aromatic rings. The van der Waals surface area contributed by atoms with E-state index in [1.54, 1.807) is 28.9 Å². The third-order valence-electron chi connectivity index (χ3n) is 2.89. The van der Waals surface area contributed by atoms with Gasteiger partial charge in [-0.3, -0.25) is 4.68 Å². The number of nitrogens with two attached hydrogens (primary N) is 1. The molecule has 2 N–H and O–H groups in total. The van der Waals surface area contributed by atoms with Crippen LogP contribution in [0.1, 0.15) is 23.5 Å². The molecule has 0 amide bonds. The van der Waals surface area contributed by atoms with Crippen molar-refractivity contribution >= 4 is 43.7 Å². The summed E-state index contributed by atoms with van der Waals surface area (Å²) in [5.74, 6) is 0. The Morgan fingerprint density at radius 2 is 2.33 bits per heavy atom. The number of halogens is 1. The molecule has 3 aromatic heterocycles. The highest BCUT2D eigenvalue weighted by Crippen LogP contribution is 2.36. The summed E-state index contributed by atoms with van der Waals surface area (Å²) in [6.07, 6.45) is 1.66. The normalized spacial score (nSPS) is 13.3. The van der Waals surface area contributed by atoms with Crippen LogP contribution < -0.4 is 5.73 Å². The molecule has 3 rings (SSSR count). The fourth-order valence-corrected chi connectivity index (χ4v) is 4.39. The number of hydrogen-bond acceptors (Lipinski definition) is 4. The molecule has 0 spiro atoms. The SMILES string of the molecule is CCn1ncc(Cl)c1C(N)c1cc2sccc2s1. The van der Waals surface area contributed by atoms with E-state index in [4.69, 9.17) is 17.3 Å². The Hall–Kier alpha value is -0.880. The Kier molecular flexibility index (Phi) is 3.15. The average Bonchev–Trinajstić information content (AvgIpc) is 3.00. The van der Waals surface area contributed by atoms with Crippen molar-refractivity contribution in [2.24, 2.45) is 5.73 Å². The Morgan fingerprint density at radius 3 is 3.06 bits per heavy atom. The largest absolute Gasteiger partial charge is 0.318 e. The fraction of sp³-hybridized carbons (Fsp3) is 0.250. The molecule has 3 heterocycles. The van der Waals surface area contributed by atoms with Crippen molar-refractivity contribution < 1.29 is 0 Å². The Bertz CT molecular complexity index is 654. The molecule has 18 heavy (non-hydrogen) atoms. The van der Waals surface area contributed by atoms with Crippen molar-refractivity contribution in [2.75, 3.05) is 0 Å². The molecule has 0 aromatic carbocycles. The average molecular weight is 298 g/mol. The van der Waals surface area contributed by atoms with E-state index in [-0.39, 0.29) is 6.04 Å². The second kappa shape index (κ2) is 4.66. The predicted octanol–water partition coefficient (Wildman–Crippen LogP) is 3.88. The predicted molar refractivity (Wildman–Crippen MR) is 78.6 cm³/mol. The lowest BCUT2D eigenvalue weighted by atomic mass is 10.2. The Labute approximate surface area is 118 Å². The van der Waals surface area contributed by atoms with Gasteiger partial charge in [0.1, 0.15) is 0 Å². The molecule has 1 atom stereocenters. The van der Waals surface area contributed by atoms with Crippen LogP contribution in [0.15, 0.2) is 23.7 Å². The maximum absolute atomic E-state index is 6.33. The van der Waals surface area contributed by atoms with Crippen LogP contribution in [0.4, 0.5) is 0 Å². The minimum absolute atomic E-state index is 0.204. The molecular weight excluding hydrogens is 286 g/mol. The van der Waals surface area contributed by atoms with E-state index in [0.717, 1.165) is 17.1 Å². The third-order valence-corrected chi connectivity index (χ3v) is 5.36. The van der Waals surface area contributed by atoms with Crippen LogP contribution in [0, 0.1) is 0 Å². The van der Waals surface area contributed by atoms with E-state index in [1.807, 2.05) is 11.6 Å². The molecule has 6 heteroatoms. The van der Waals surface area contributed by atoms with E-state index in [2.05, 4.69) is 22.6 Å². The molecule has 0 bridgehead atoms. The standard InChI is InChI=1S/C12H12ClN3S2/c1-2-16-12(7(13)6-15-16)11(14)10-5-9-8(18-10)3-4-17-9/h3-6,11H,2,14H2,1H3. The van der Waals surface area contributed by atoms with Crippen LogP contribution >= 0.6 is 34.3 Å². The molecule has 0 aliphatic carbocycles. The van der Waals surface area contributed by atoms with E-state index in [0.29, 0.717) is 5.02 Å². The van der Waals surface area contributed by atoms with E-state index >= 15 is 0 Å². The Morgan fingerprint density at radius 1 is 1.50 bits per heavy atom. The number of nitrogens with zero attached hydrogens (tertiary/aromatic N) is 2. The third kappa shape index (κ3) is 1.87. The van der Waals surface area contributed by atoms with E-state index in [9.17, 15) is 0 Å². The van der Waals surface area contributed by atoms with Gasteiger partial charge in [-0.2, -0.15) is 5.10 Å². The van der Waals surface area contributed by atoms with E-state index in [1.165, 1.54) is 9.40 Å². The van der Waals surface area contributed by atoms with Gasteiger partial charge in [0.2, 0.25) is 0 Å². The van der Waals surface area contributed by atoms with Gasteiger partial charge >= 0.3 is 0 Å². The summed E-state index contributed by atoms with van der Waals surface area (Å²) in [5.41, 5.74) is 7.23. The summed E-state index contributed by atoms with van der Waals surface area (Å²) in [7, 11) is 0. The number of hydrogen-bond donors (Lipinski definition) is 1. The Balaban J connectivity index is 2.05. The van der Waals surface area contributed by atoms with Crippen LogP contribution in [0.3, 0.4) is 0 Å². The van der Waals surface area contributed by atoms with Crippen molar-refractivity contribution in [1.82, 2.24) is 9.78 Å². The van der Waals surface area contributed by atoms with Crippen LogP contribution in [0.25, 0.3) is 9.40 Å². The summed E-state index contributed by atoms with van der Waals surface area (Å²) in [6.45, 7) is 2.81. The molecule has 0 saturated heterocycles. The molecule has 3 nitrogen and oxygen atoms in total. The maximum Gasteiger partial charge on any atom is 0.0837 e. The second-order valence-electron chi connectivity index (χ2n) is 3.97. The molecule has 94 valence electrons. The fourth-order valence-electron chi connectivity index (χ4n) is 2.01. The van der Waals surface area contributed by atoms with Gasteiger partial charge in [-0.25, -0.2) is 0 Å². The van der Waals surface area contributed by atoms with Gasteiger partial charge in [0.15, 0.2) is 0 Å². The topological polar surface area (TPSA) is 43.8 Å². The van der Waals surface area contributed by atoms with Crippen LogP contribution in [0.5, 0.6) is 0 Å². The van der Waals surface area contributed by atoms with Crippen molar-refractivity contribution in [3.8, 4) is 0 Å². The number of aromatic nitrogens is 2. The van der Waals surface area contributed by atoms with Crippen molar-refractivity contribution in [1.29, 1.82) is 0 Å². The van der Waals surface area contributed by atoms with Gasteiger partial charge in [0, 0.05) is 20.8 Å². The quantitative estimate of drug-likeness (QED) is 0.797. The highest BCUT2D eigenvalue weighted by Gasteiger charge is 2.20. The molecule has 1 unspecified atom stereocenters. The molecule has 0 fully saturated rings. The first kappa shape index (κ1) is 12.2. The first-order chi connectivity index (χ1) is 8.70. The minimum Gasteiger partial charge on any atom is -0.318 e. The zero-order valence-corrected chi connectivity index (χ0v) is 12.1. The first-order valence-electron chi connectivity index (χ1n) is 5.64. The lowest BCUT2D eigenvalue weighted by Gasteiger charge is -2.12.